The molecule has 0 N–H and O–H groups in total. The molecule has 8 heteroatoms. The lowest BCUT2D eigenvalue weighted by Crippen LogP contribution is -2.29. The Morgan fingerprint density at radius 1 is 0.919 bits per heavy atom. The average molecular weight is 506 g/mol. The normalized spacial score (nSPS) is 11.5. The summed E-state index contributed by atoms with van der Waals surface area (Å²) >= 11 is 0. The van der Waals surface area contributed by atoms with Gasteiger partial charge in [0.15, 0.2) is 5.65 Å². The van der Waals surface area contributed by atoms with Crippen LogP contribution in [0, 0.1) is 25.5 Å². The van der Waals surface area contributed by atoms with E-state index in [1.165, 1.54) is 12.1 Å². The SMILES string of the molecule is CCN(CC)CCCN(C)c1nc(-c2cc(C)ccc2C)c2ccc(=O)n(-c3c(F)cccc3F)c2n1. The molecule has 2 aromatic heterocycles. The Kier molecular flexibility index (Phi) is 7.97. The number of hydrogen-bond acceptors (Lipinski definition) is 5. The van der Waals surface area contributed by atoms with Crippen LogP contribution in [0.3, 0.4) is 0 Å². The van der Waals surface area contributed by atoms with E-state index in [0.717, 1.165) is 59.4 Å². The molecule has 0 aliphatic rings. The van der Waals surface area contributed by atoms with Crippen LogP contribution in [0.4, 0.5) is 14.7 Å². The van der Waals surface area contributed by atoms with Gasteiger partial charge in [0, 0.05) is 30.6 Å². The molecular weight excluding hydrogens is 472 g/mol. The van der Waals surface area contributed by atoms with Crippen LogP contribution in [0.5, 0.6) is 0 Å². The summed E-state index contributed by atoms with van der Waals surface area (Å²) in [4.78, 5) is 26.9. The molecule has 0 saturated carbocycles. The zero-order valence-corrected chi connectivity index (χ0v) is 22.1. The lowest BCUT2D eigenvalue weighted by molar-refractivity contribution is 0.301. The molecule has 0 aliphatic heterocycles. The molecule has 194 valence electrons. The van der Waals surface area contributed by atoms with Crippen LogP contribution in [-0.4, -0.2) is 52.7 Å². The van der Waals surface area contributed by atoms with Crippen LogP contribution in [0.25, 0.3) is 28.0 Å². The summed E-state index contributed by atoms with van der Waals surface area (Å²) in [6.07, 6.45) is 0.891. The molecule has 0 fully saturated rings. The Morgan fingerprint density at radius 2 is 1.62 bits per heavy atom. The van der Waals surface area contributed by atoms with Crippen LogP contribution < -0.4 is 10.5 Å². The summed E-state index contributed by atoms with van der Waals surface area (Å²) in [7, 11) is 1.89. The molecule has 0 saturated heterocycles. The molecular formula is C29H33F2N5O. The molecule has 0 aliphatic carbocycles. The molecule has 0 bridgehead atoms. The Hall–Kier alpha value is -3.65. The predicted octanol–water partition coefficient (Wildman–Crippen LogP) is 5.51. The summed E-state index contributed by atoms with van der Waals surface area (Å²) < 4.78 is 30.8. The lowest BCUT2D eigenvalue weighted by Gasteiger charge is -2.23. The van der Waals surface area contributed by atoms with Crippen molar-refractivity contribution in [1.29, 1.82) is 0 Å². The van der Waals surface area contributed by atoms with Gasteiger partial charge in [-0.1, -0.05) is 37.6 Å². The van der Waals surface area contributed by atoms with E-state index in [-0.39, 0.29) is 5.65 Å². The van der Waals surface area contributed by atoms with Gasteiger partial charge in [0.25, 0.3) is 5.56 Å². The van der Waals surface area contributed by atoms with Crippen LogP contribution in [0.2, 0.25) is 0 Å². The van der Waals surface area contributed by atoms with E-state index in [9.17, 15) is 13.6 Å². The van der Waals surface area contributed by atoms with E-state index in [0.29, 0.717) is 23.6 Å². The number of aromatic nitrogens is 3. The first kappa shape index (κ1) is 26.4. The zero-order valence-electron chi connectivity index (χ0n) is 22.1. The van der Waals surface area contributed by atoms with E-state index in [4.69, 9.17) is 9.97 Å². The van der Waals surface area contributed by atoms with Crippen molar-refractivity contribution in [2.24, 2.45) is 0 Å². The highest BCUT2D eigenvalue weighted by atomic mass is 19.1. The predicted molar refractivity (Wildman–Crippen MR) is 146 cm³/mol. The number of anilines is 1. The van der Waals surface area contributed by atoms with Crippen LogP contribution >= 0.6 is 0 Å². The first-order valence-corrected chi connectivity index (χ1v) is 12.6. The summed E-state index contributed by atoms with van der Waals surface area (Å²) in [5, 5.41) is 0.538. The maximum atomic E-state index is 14.9. The van der Waals surface area contributed by atoms with Crippen molar-refractivity contribution in [3.63, 3.8) is 0 Å². The van der Waals surface area contributed by atoms with Crippen molar-refractivity contribution in [3.8, 4) is 16.9 Å². The quantitative estimate of drug-likeness (QED) is 0.300. The molecule has 0 spiro atoms. The van der Waals surface area contributed by atoms with Crippen LogP contribution in [-0.2, 0) is 0 Å². The lowest BCUT2D eigenvalue weighted by atomic mass is 10.0. The van der Waals surface area contributed by atoms with Gasteiger partial charge in [-0.15, -0.1) is 0 Å². The fraction of sp³-hybridized carbons (Fsp3) is 0.345. The average Bonchev–Trinajstić information content (AvgIpc) is 2.88. The van der Waals surface area contributed by atoms with Crippen molar-refractivity contribution >= 4 is 17.0 Å². The van der Waals surface area contributed by atoms with E-state index < -0.39 is 22.9 Å². The highest BCUT2D eigenvalue weighted by molar-refractivity contribution is 5.93. The number of pyridine rings is 1. The van der Waals surface area contributed by atoms with Gasteiger partial charge < -0.3 is 9.80 Å². The number of fused-ring (bicyclic) bond motifs is 1. The van der Waals surface area contributed by atoms with Gasteiger partial charge in [0.05, 0.1) is 5.69 Å². The largest absolute Gasteiger partial charge is 0.344 e. The minimum absolute atomic E-state index is 0.160. The second kappa shape index (κ2) is 11.2. The number of rotatable bonds is 9. The van der Waals surface area contributed by atoms with Gasteiger partial charge in [-0.25, -0.2) is 13.8 Å². The van der Waals surface area contributed by atoms with E-state index in [2.05, 4.69) is 18.7 Å². The Balaban J connectivity index is 1.95. The van der Waals surface area contributed by atoms with Gasteiger partial charge in [-0.3, -0.25) is 9.36 Å². The first-order chi connectivity index (χ1) is 17.7. The number of benzene rings is 2. The first-order valence-electron chi connectivity index (χ1n) is 12.6. The van der Waals surface area contributed by atoms with Gasteiger partial charge in [0.2, 0.25) is 5.95 Å². The minimum atomic E-state index is -0.837. The van der Waals surface area contributed by atoms with Crippen molar-refractivity contribution in [2.45, 2.75) is 34.1 Å². The van der Waals surface area contributed by atoms with Gasteiger partial charge in [-0.05, 0) is 69.7 Å². The van der Waals surface area contributed by atoms with Gasteiger partial charge in [0.1, 0.15) is 17.3 Å². The Morgan fingerprint density at radius 3 is 2.30 bits per heavy atom. The van der Waals surface area contributed by atoms with Crippen molar-refractivity contribution < 1.29 is 8.78 Å². The summed E-state index contributed by atoms with van der Waals surface area (Å²) in [6, 6.07) is 12.5. The number of nitrogens with zero attached hydrogens (tertiary/aromatic N) is 5. The van der Waals surface area contributed by atoms with Crippen molar-refractivity contribution in [1.82, 2.24) is 19.4 Å². The maximum Gasteiger partial charge on any atom is 0.256 e. The molecule has 4 aromatic rings. The fourth-order valence-corrected chi connectivity index (χ4v) is 4.56. The van der Waals surface area contributed by atoms with Crippen molar-refractivity contribution in [2.75, 3.05) is 38.1 Å². The van der Waals surface area contributed by atoms with Gasteiger partial charge in [-0.2, -0.15) is 4.98 Å². The molecule has 2 heterocycles. The Bertz CT molecular complexity index is 1460. The molecule has 0 radical (unpaired) electrons. The number of hydrogen-bond donors (Lipinski definition) is 0. The molecule has 6 nitrogen and oxygen atoms in total. The zero-order chi connectivity index (χ0) is 26.7. The summed E-state index contributed by atoms with van der Waals surface area (Å²) in [6.45, 7) is 11.8. The van der Waals surface area contributed by atoms with Crippen LogP contribution in [0.1, 0.15) is 31.4 Å². The number of halogens is 2. The summed E-state index contributed by atoms with van der Waals surface area (Å²) in [5.74, 6) is -1.29. The molecule has 0 amide bonds. The number of para-hydroxylation sites is 1. The second-order valence-electron chi connectivity index (χ2n) is 9.31. The van der Waals surface area contributed by atoms with Gasteiger partial charge >= 0.3 is 0 Å². The smallest absolute Gasteiger partial charge is 0.256 e. The monoisotopic (exact) mass is 505 g/mol. The highest BCUT2D eigenvalue weighted by Crippen LogP contribution is 2.32. The highest BCUT2D eigenvalue weighted by Gasteiger charge is 2.21. The van der Waals surface area contributed by atoms with E-state index in [1.807, 2.05) is 44.0 Å². The molecule has 0 atom stereocenters. The van der Waals surface area contributed by atoms with E-state index >= 15 is 0 Å². The third-order valence-corrected chi connectivity index (χ3v) is 6.75. The van der Waals surface area contributed by atoms with Crippen molar-refractivity contribution in [3.05, 3.63) is 81.6 Å². The molecule has 37 heavy (non-hydrogen) atoms. The third kappa shape index (κ3) is 5.39. The molecule has 0 unspecified atom stereocenters. The molecule has 2 aromatic carbocycles. The number of aryl methyl sites for hydroxylation is 2. The third-order valence-electron chi connectivity index (χ3n) is 6.75. The van der Waals surface area contributed by atoms with E-state index in [1.54, 1.807) is 6.07 Å². The Labute approximate surface area is 216 Å². The topological polar surface area (TPSA) is 54.3 Å². The standard InChI is InChI=1S/C29H33F2N5O/c1-6-35(7-2)17-9-16-34(5)29-32-26(22-18-19(3)12-13-20(22)4)21-14-15-25(37)36(28(21)33-29)27-23(30)10-8-11-24(27)31/h8,10-15,18H,6-7,9,16-17H2,1-5H3. The summed E-state index contributed by atoms with van der Waals surface area (Å²) in [5.41, 5.74) is 2.68. The molecule has 4 rings (SSSR count). The minimum Gasteiger partial charge on any atom is -0.344 e. The van der Waals surface area contributed by atoms with Crippen LogP contribution in [0.15, 0.2) is 53.3 Å². The fourth-order valence-electron chi connectivity index (χ4n) is 4.56. The second-order valence-corrected chi connectivity index (χ2v) is 9.31. The maximum absolute atomic E-state index is 14.9.